The molecule has 0 bridgehead atoms. The highest BCUT2D eigenvalue weighted by molar-refractivity contribution is 6.32. The Bertz CT molecular complexity index is 941. The first-order valence-electron chi connectivity index (χ1n) is 7.04. The number of rotatable bonds is 5. The van der Waals surface area contributed by atoms with Gasteiger partial charge in [0.25, 0.3) is 11.6 Å². The Balaban J connectivity index is 2.05. The van der Waals surface area contributed by atoms with Crippen molar-refractivity contribution in [2.24, 2.45) is 0 Å². The number of hydrogen-bond acceptors (Lipinski definition) is 7. The number of methoxy groups -OCH3 is 2. The van der Waals surface area contributed by atoms with Crippen LogP contribution in [-0.2, 0) is 0 Å². The maximum Gasteiger partial charge on any atom is 0.288 e. The van der Waals surface area contributed by atoms with Crippen molar-refractivity contribution in [3.05, 3.63) is 51.5 Å². The molecule has 128 valence electrons. The van der Waals surface area contributed by atoms with E-state index in [4.69, 9.17) is 25.6 Å². The molecule has 0 fully saturated rings. The quantitative estimate of drug-likeness (QED) is 0.500. The van der Waals surface area contributed by atoms with Gasteiger partial charge in [0.1, 0.15) is 5.02 Å². The fraction of sp³-hybridized carbons (Fsp3) is 0.125. The van der Waals surface area contributed by atoms with E-state index in [2.05, 4.69) is 10.1 Å². The molecule has 1 heterocycles. The van der Waals surface area contributed by atoms with Gasteiger partial charge >= 0.3 is 0 Å². The van der Waals surface area contributed by atoms with E-state index in [1.165, 1.54) is 26.4 Å². The molecule has 0 saturated carbocycles. The van der Waals surface area contributed by atoms with E-state index >= 15 is 0 Å². The van der Waals surface area contributed by atoms with Gasteiger partial charge in [-0.3, -0.25) is 10.1 Å². The topological polar surface area (TPSA) is 101 Å². The fourth-order valence-electron chi connectivity index (χ4n) is 2.30. The molecule has 3 aromatic rings. The van der Waals surface area contributed by atoms with E-state index < -0.39 is 4.92 Å². The predicted molar refractivity (Wildman–Crippen MR) is 89.9 cm³/mol. The number of nitro benzene ring substituents is 1. The van der Waals surface area contributed by atoms with Crippen molar-refractivity contribution >= 4 is 17.3 Å². The second-order valence-electron chi connectivity index (χ2n) is 4.89. The Labute approximate surface area is 147 Å². The maximum absolute atomic E-state index is 11.0. The standard InChI is InChI=1S/C16H12ClN3O5/c1-23-13-5-3-4-10(14(13)24-2)15-18-16(25-19-15)9-6-7-11(17)12(8-9)20(21)22/h3-8H,1-2H3. The van der Waals surface area contributed by atoms with Gasteiger partial charge in [0.2, 0.25) is 5.82 Å². The van der Waals surface area contributed by atoms with Gasteiger partial charge in [0.05, 0.1) is 24.7 Å². The monoisotopic (exact) mass is 361 g/mol. The second kappa shape index (κ2) is 6.78. The van der Waals surface area contributed by atoms with Crippen LogP contribution in [0.3, 0.4) is 0 Å². The first-order valence-corrected chi connectivity index (χ1v) is 7.42. The highest BCUT2D eigenvalue weighted by Crippen LogP contribution is 2.37. The molecule has 0 amide bonds. The van der Waals surface area contributed by atoms with Crippen LogP contribution in [-0.4, -0.2) is 29.3 Å². The van der Waals surface area contributed by atoms with Crippen molar-refractivity contribution in [3.8, 4) is 34.3 Å². The maximum atomic E-state index is 11.0. The van der Waals surface area contributed by atoms with Gasteiger partial charge in [-0.25, -0.2) is 0 Å². The van der Waals surface area contributed by atoms with Crippen LogP contribution in [0.25, 0.3) is 22.8 Å². The molecule has 1 aromatic heterocycles. The normalized spacial score (nSPS) is 10.5. The molecule has 0 spiro atoms. The van der Waals surface area contributed by atoms with Gasteiger partial charge in [-0.15, -0.1) is 0 Å². The molecule has 0 atom stereocenters. The fourth-order valence-corrected chi connectivity index (χ4v) is 2.49. The molecular formula is C16H12ClN3O5. The molecule has 0 saturated heterocycles. The van der Waals surface area contributed by atoms with Gasteiger partial charge < -0.3 is 14.0 Å². The van der Waals surface area contributed by atoms with Crippen molar-refractivity contribution in [3.63, 3.8) is 0 Å². The van der Waals surface area contributed by atoms with Crippen molar-refractivity contribution in [2.45, 2.75) is 0 Å². The highest BCUT2D eigenvalue weighted by Gasteiger charge is 2.20. The summed E-state index contributed by atoms with van der Waals surface area (Å²) < 4.78 is 15.8. The van der Waals surface area contributed by atoms with Gasteiger partial charge in [-0.2, -0.15) is 4.98 Å². The molecule has 0 aliphatic carbocycles. The lowest BCUT2D eigenvalue weighted by atomic mass is 10.1. The smallest absolute Gasteiger partial charge is 0.288 e. The van der Waals surface area contributed by atoms with Gasteiger partial charge in [-0.05, 0) is 24.3 Å². The van der Waals surface area contributed by atoms with E-state index in [1.807, 2.05) is 0 Å². The summed E-state index contributed by atoms with van der Waals surface area (Å²) in [6.07, 6.45) is 0. The van der Waals surface area contributed by atoms with Crippen LogP contribution in [0, 0.1) is 10.1 Å². The van der Waals surface area contributed by atoms with Crippen molar-refractivity contribution in [1.29, 1.82) is 0 Å². The highest BCUT2D eigenvalue weighted by atomic mass is 35.5. The molecule has 0 radical (unpaired) electrons. The molecule has 0 aliphatic rings. The number of nitro groups is 1. The predicted octanol–water partition coefficient (Wildman–Crippen LogP) is 3.98. The zero-order chi connectivity index (χ0) is 18.0. The minimum Gasteiger partial charge on any atom is -0.493 e. The Morgan fingerprint density at radius 1 is 1.20 bits per heavy atom. The summed E-state index contributed by atoms with van der Waals surface area (Å²) in [6.45, 7) is 0. The lowest BCUT2D eigenvalue weighted by Crippen LogP contribution is -1.94. The SMILES string of the molecule is COc1cccc(-c2noc(-c3ccc(Cl)c([N+](=O)[O-])c3)n2)c1OC. The van der Waals surface area contributed by atoms with Gasteiger partial charge in [-0.1, -0.05) is 22.8 Å². The lowest BCUT2D eigenvalue weighted by molar-refractivity contribution is -0.384. The largest absolute Gasteiger partial charge is 0.493 e. The lowest BCUT2D eigenvalue weighted by Gasteiger charge is -2.09. The number of benzene rings is 2. The zero-order valence-electron chi connectivity index (χ0n) is 13.2. The molecule has 8 nitrogen and oxygen atoms in total. The first kappa shape index (κ1) is 16.7. The number of aromatic nitrogens is 2. The van der Waals surface area contributed by atoms with Crippen LogP contribution in [0.5, 0.6) is 11.5 Å². The third-order valence-electron chi connectivity index (χ3n) is 3.46. The number of halogens is 1. The second-order valence-corrected chi connectivity index (χ2v) is 5.29. The minimum atomic E-state index is -0.575. The van der Waals surface area contributed by atoms with Crippen molar-refractivity contribution in [2.75, 3.05) is 14.2 Å². The van der Waals surface area contributed by atoms with Crippen LogP contribution in [0.15, 0.2) is 40.9 Å². The number of para-hydroxylation sites is 1. The molecular weight excluding hydrogens is 350 g/mol. The van der Waals surface area contributed by atoms with E-state index in [0.29, 0.717) is 22.6 Å². The minimum absolute atomic E-state index is 0.0305. The molecule has 0 aliphatic heterocycles. The summed E-state index contributed by atoms with van der Waals surface area (Å²) in [4.78, 5) is 14.7. The average molecular weight is 362 g/mol. The van der Waals surface area contributed by atoms with E-state index in [1.54, 1.807) is 24.3 Å². The Morgan fingerprint density at radius 3 is 2.68 bits per heavy atom. The summed E-state index contributed by atoms with van der Waals surface area (Å²) in [5.74, 6) is 1.37. The molecule has 0 unspecified atom stereocenters. The van der Waals surface area contributed by atoms with Gasteiger partial charge in [0, 0.05) is 11.6 Å². The molecule has 3 rings (SSSR count). The van der Waals surface area contributed by atoms with Crippen LogP contribution in [0.4, 0.5) is 5.69 Å². The molecule has 9 heteroatoms. The number of nitrogens with zero attached hydrogens (tertiary/aromatic N) is 3. The first-order chi connectivity index (χ1) is 12.0. The van der Waals surface area contributed by atoms with Gasteiger partial charge in [0.15, 0.2) is 11.5 Å². The summed E-state index contributed by atoms with van der Waals surface area (Å²) in [7, 11) is 3.03. The summed E-state index contributed by atoms with van der Waals surface area (Å²) in [5.41, 5.74) is 0.718. The third-order valence-corrected chi connectivity index (χ3v) is 3.78. The number of hydrogen-bond donors (Lipinski definition) is 0. The van der Waals surface area contributed by atoms with Crippen molar-refractivity contribution < 1.29 is 18.9 Å². The molecule has 0 N–H and O–H groups in total. The Hall–Kier alpha value is -3.13. The number of ether oxygens (including phenoxy) is 2. The Morgan fingerprint density at radius 2 is 2.00 bits per heavy atom. The van der Waals surface area contributed by atoms with Crippen LogP contribution in [0.1, 0.15) is 0 Å². The summed E-state index contributed by atoms with van der Waals surface area (Å²) in [6, 6.07) is 9.51. The zero-order valence-corrected chi connectivity index (χ0v) is 14.0. The summed E-state index contributed by atoms with van der Waals surface area (Å²) >= 11 is 5.81. The van der Waals surface area contributed by atoms with Crippen LogP contribution >= 0.6 is 11.6 Å². The van der Waals surface area contributed by atoms with Crippen LogP contribution < -0.4 is 9.47 Å². The van der Waals surface area contributed by atoms with E-state index in [9.17, 15) is 10.1 Å². The van der Waals surface area contributed by atoms with E-state index in [-0.39, 0.29) is 22.4 Å². The molecule has 25 heavy (non-hydrogen) atoms. The Kier molecular flexibility index (Phi) is 4.53. The average Bonchev–Trinajstić information content (AvgIpc) is 3.10. The molecule has 2 aromatic carbocycles. The van der Waals surface area contributed by atoms with E-state index in [0.717, 1.165) is 0 Å². The summed E-state index contributed by atoms with van der Waals surface area (Å²) in [5, 5.41) is 15.0. The van der Waals surface area contributed by atoms with Crippen LogP contribution in [0.2, 0.25) is 5.02 Å². The van der Waals surface area contributed by atoms with Crippen molar-refractivity contribution in [1.82, 2.24) is 10.1 Å². The third kappa shape index (κ3) is 3.11.